The van der Waals surface area contributed by atoms with E-state index in [1.165, 1.54) is 7.11 Å². The Labute approximate surface area is 58.3 Å². The molecule has 1 aliphatic rings. The third-order valence-electron chi connectivity index (χ3n) is 1.22. The van der Waals surface area contributed by atoms with Crippen molar-refractivity contribution < 1.29 is 9.53 Å². The first-order chi connectivity index (χ1) is 4.34. The van der Waals surface area contributed by atoms with Gasteiger partial charge >= 0.3 is 5.97 Å². The first kappa shape index (κ1) is 6.89. The molecule has 1 rings (SSSR count). The van der Waals surface area contributed by atoms with Crippen LogP contribution in [-0.2, 0) is 9.53 Å². The van der Waals surface area contributed by atoms with Gasteiger partial charge in [-0.15, -0.1) is 0 Å². The fourth-order valence-corrected chi connectivity index (χ4v) is 1.59. The molecule has 1 fully saturated rings. The molecule has 3 nitrogen and oxygen atoms in total. The van der Waals surface area contributed by atoms with Crippen LogP contribution in [0.15, 0.2) is 0 Å². The number of rotatable bonds is 1. The molecule has 4 heteroatoms. The Hall–Kier alpha value is -0.220. The summed E-state index contributed by atoms with van der Waals surface area (Å²) in [5, 5.41) is 0. The maximum Gasteiger partial charge on any atom is 0.323 e. The normalized spacial score (nSPS) is 26.1. The minimum absolute atomic E-state index is 0.0694. The zero-order valence-corrected chi connectivity index (χ0v) is 6.03. The number of carbonyl (C=O) groups is 1. The third-order valence-corrected chi connectivity index (χ3v) is 2.11. The lowest BCUT2D eigenvalue weighted by atomic mass is 10.2. The van der Waals surface area contributed by atoms with Gasteiger partial charge in [0.2, 0.25) is 0 Å². The van der Waals surface area contributed by atoms with Gasteiger partial charge < -0.3 is 4.74 Å². The number of ether oxygens (including phenoxy) is 1. The average Bonchev–Trinajstić information content (AvgIpc) is 2.37. The van der Waals surface area contributed by atoms with Crippen molar-refractivity contribution in [2.75, 3.05) is 12.9 Å². The van der Waals surface area contributed by atoms with E-state index in [1.807, 2.05) is 0 Å². The maximum atomic E-state index is 10.7. The Morgan fingerprint density at radius 2 is 2.67 bits per heavy atom. The van der Waals surface area contributed by atoms with Gasteiger partial charge in [-0.2, -0.15) is 0 Å². The van der Waals surface area contributed by atoms with E-state index in [2.05, 4.69) is 9.46 Å². The van der Waals surface area contributed by atoms with Crippen LogP contribution >= 0.6 is 11.9 Å². The van der Waals surface area contributed by atoms with Crippen molar-refractivity contribution >= 4 is 17.9 Å². The predicted molar refractivity (Wildman–Crippen MR) is 36.0 cm³/mol. The maximum absolute atomic E-state index is 10.7. The van der Waals surface area contributed by atoms with Crippen molar-refractivity contribution in [3.63, 3.8) is 0 Å². The zero-order valence-electron chi connectivity index (χ0n) is 5.22. The minimum atomic E-state index is -0.153. The van der Waals surface area contributed by atoms with Gasteiger partial charge in [0.1, 0.15) is 6.04 Å². The van der Waals surface area contributed by atoms with Crippen LogP contribution in [0.4, 0.5) is 0 Å². The highest BCUT2D eigenvalue weighted by Gasteiger charge is 2.22. The van der Waals surface area contributed by atoms with Crippen molar-refractivity contribution in [2.45, 2.75) is 12.5 Å². The van der Waals surface area contributed by atoms with Crippen molar-refractivity contribution in [1.29, 1.82) is 0 Å². The summed E-state index contributed by atoms with van der Waals surface area (Å²) in [4.78, 5) is 10.7. The summed E-state index contributed by atoms with van der Waals surface area (Å²) in [6.45, 7) is 0. The molecule has 1 aliphatic heterocycles. The van der Waals surface area contributed by atoms with Gasteiger partial charge in [0.25, 0.3) is 0 Å². The van der Waals surface area contributed by atoms with Crippen LogP contribution in [0.25, 0.3) is 0 Å². The second kappa shape index (κ2) is 3.08. The number of carbonyl (C=O) groups excluding carboxylic acids is 1. The largest absolute Gasteiger partial charge is 0.468 e. The molecule has 1 saturated heterocycles. The van der Waals surface area contributed by atoms with Crippen LogP contribution in [-0.4, -0.2) is 24.9 Å². The van der Waals surface area contributed by atoms with Crippen LogP contribution in [0.2, 0.25) is 0 Å². The summed E-state index contributed by atoms with van der Waals surface area (Å²) in [7, 11) is 1.41. The van der Waals surface area contributed by atoms with E-state index < -0.39 is 0 Å². The standard InChI is InChI=1S/C5H9NO2S/c1-8-5(7)4-2-3-9-6-4/h4,6H,2-3H2,1H3. The fraction of sp³-hybridized carbons (Fsp3) is 0.800. The highest BCUT2D eigenvalue weighted by Crippen LogP contribution is 2.12. The molecule has 1 atom stereocenters. The monoisotopic (exact) mass is 147 g/mol. The van der Waals surface area contributed by atoms with E-state index in [4.69, 9.17) is 0 Å². The van der Waals surface area contributed by atoms with Gasteiger partial charge in [-0.05, 0) is 6.42 Å². The van der Waals surface area contributed by atoms with Crippen LogP contribution in [0, 0.1) is 0 Å². The first-order valence-corrected chi connectivity index (χ1v) is 3.78. The van der Waals surface area contributed by atoms with Gasteiger partial charge in [-0.25, -0.2) is 4.72 Å². The summed E-state index contributed by atoms with van der Waals surface area (Å²) in [5.74, 6) is 0.847. The van der Waals surface area contributed by atoms with Crippen LogP contribution < -0.4 is 4.72 Å². The Morgan fingerprint density at radius 3 is 3.11 bits per heavy atom. The van der Waals surface area contributed by atoms with Crippen LogP contribution in [0.1, 0.15) is 6.42 Å². The lowest BCUT2D eigenvalue weighted by molar-refractivity contribution is -0.142. The number of esters is 1. The molecular weight excluding hydrogens is 138 g/mol. The first-order valence-electron chi connectivity index (χ1n) is 2.79. The molecule has 0 aliphatic carbocycles. The smallest absolute Gasteiger partial charge is 0.323 e. The second-order valence-corrected chi connectivity index (χ2v) is 2.76. The zero-order chi connectivity index (χ0) is 6.69. The number of hydrogen-bond acceptors (Lipinski definition) is 4. The molecule has 0 radical (unpaired) electrons. The highest BCUT2D eigenvalue weighted by molar-refractivity contribution is 7.97. The number of methoxy groups -OCH3 is 1. The molecule has 0 aromatic rings. The molecule has 0 bridgehead atoms. The summed E-state index contributed by atoms with van der Waals surface area (Å²) in [6.07, 6.45) is 0.886. The molecule has 52 valence electrons. The van der Waals surface area contributed by atoms with E-state index >= 15 is 0 Å². The molecule has 9 heavy (non-hydrogen) atoms. The average molecular weight is 147 g/mol. The summed E-state index contributed by atoms with van der Waals surface area (Å²) >= 11 is 1.58. The topological polar surface area (TPSA) is 38.3 Å². The molecule has 1 unspecified atom stereocenters. The van der Waals surface area contributed by atoms with Crippen LogP contribution in [0.3, 0.4) is 0 Å². The van der Waals surface area contributed by atoms with Crippen molar-refractivity contribution in [3.05, 3.63) is 0 Å². The van der Waals surface area contributed by atoms with Gasteiger partial charge in [0.05, 0.1) is 7.11 Å². The van der Waals surface area contributed by atoms with Gasteiger partial charge in [0, 0.05) is 5.75 Å². The van der Waals surface area contributed by atoms with Crippen LogP contribution in [0.5, 0.6) is 0 Å². The molecule has 0 saturated carbocycles. The van der Waals surface area contributed by atoms with E-state index in [0.29, 0.717) is 0 Å². The van der Waals surface area contributed by atoms with Crippen molar-refractivity contribution in [1.82, 2.24) is 4.72 Å². The Morgan fingerprint density at radius 1 is 1.89 bits per heavy atom. The Kier molecular flexibility index (Phi) is 2.36. The Balaban J connectivity index is 2.32. The SMILES string of the molecule is COC(=O)C1CCSN1. The van der Waals surface area contributed by atoms with Crippen molar-refractivity contribution in [3.8, 4) is 0 Å². The minimum Gasteiger partial charge on any atom is -0.468 e. The highest BCUT2D eigenvalue weighted by atomic mass is 32.2. The lowest BCUT2D eigenvalue weighted by Crippen LogP contribution is -2.28. The molecule has 0 spiro atoms. The van der Waals surface area contributed by atoms with Gasteiger partial charge in [-0.1, -0.05) is 11.9 Å². The number of hydrogen-bond donors (Lipinski definition) is 1. The third kappa shape index (κ3) is 1.59. The lowest BCUT2D eigenvalue weighted by Gasteiger charge is -2.03. The Bertz CT molecular complexity index is 112. The van der Waals surface area contributed by atoms with Gasteiger partial charge in [0.15, 0.2) is 0 Å². The summed E-state index contributed by atoms with van der Waals surface area (Å²) < 4.78 is 7.47. The van der Waals surface area contributed by atoms with Gasteiger partial charge in [-0.3, -0.25) is 4.79 Å². The molecule has 0 amide bonds. The fourth-order valence-electron chi connectivity index (χ4n) is 0.703. The quantitative estimate of drug-likeness (QED) is 0.424. The van der Waals surface area contributed by atoms with E-state index in [9.17, 15) is 4.79 Å². The van der Waals surface area contributed by atoms with E-state index in [1.54, 1.807) is 11.9 Å². The second-order valence-electron chi connectivity index (χ2n) is 1.83. The van der Waals surface area contributed by atoms with E-state index in [-0.39, 0.29) is 12.0 Å². The molecular formula is C5H9NO2S. The summed E-state index contributed by atoms with van der Waals surface area (Å²) in [6, 6.07) is -0.0694. The predicted octanol–water partition coefficient (Wildman–Crippen LogP) is 0.169. The molecule has 0 aromatic heterocycles. The van der Waals surface area contributed by atoms with Crippen molar-refractivity contribution in [2.24, 2.45) is 0 Å². The molecule has 0 aromatic carbocycles. The number of nitrogens with one attached hydrogen (secondary N) is 1. The molecule has 1 N–H and O–H groups in total. The summed E-state index contributed by atoms with van der Waals surface area (Å²) in [5.41, 5.74) is 0. The van der Waals surface area contributed by atoms with E-state index in [0.717, 1.165) is 12.2 Å². The molecule has 1 heterocycles.